The van der Waals surface area contributed by atoms with E-state index in [9.17, 15) is 9.59 Å². The molecule has 0 fully saturated rings. The Balaban J connectivity index is 1.91. The van der Waals surface area contributed by atoms with Crippen molar-refractivity contribution in [1.82, 2.24) is 19.4 Å². The number of fused-ring (bicyclic) bond motifs is 1. The zero-order valence-electron chi connectivity index (χ0n) is 13.6. The first kappa shape index (κ1) is 16.3. The minimum absolute atomic E-state index is 0.128. The molecule has 1 amide bonds. The van der Waals surface area contributed by atoms with Crippen LogP contribution >= 0.6 is 0 Å². The summed E-state index contributed by atoms with van der Waals surface area (Å²) in [4.78, 5) is 36.7. The molecule has 0 aliphatic rings. The van der Waals surface area contributed by atoms with Gasteiger partial charge in [-0.25, -0.2) is 14.8 Å². The van der Waals surface area contributed by atoms with Gasteiger partial charge in [0, 0.05) is 31.9 Å². The molecule has 25 heavy (non-hydrogen) atoms. The molecule has 0 bridgehead atoms. The lowest BCUT2D eigenvalue weighted by molar-refractivity contribution is 0.0696. The molecule has 0 aliphatic heterocycles. The molecule has 1 N–H and O–H groups in total. The van der Waals surface area contributed by atoms with Gasteiger partial charge in [0.15, 0.2) is 0 Å². The van der Waals surface area contributed by atoms with Gasteiger partial charge in [0.1, 0.15) is 11.3 Å². The summed E-state index contributed by atoms with van der Waals surface area (Å²) in [5, 5.41) is 9.73. The minimum atomic E-state index is -1.02. The molecule has 0 saturated carbocycles. The van der Waals surface area contributed by atoms with Crippen molar-refractivity contribution in [1.29, 1.82) is 0 Å². The molecule has 0 aliphatic carbocycles. The second-order valence-electron chi connectivity index (χ2n) is 5.54. The second kappa shape index (κ2) is 6.52. The van der Waals surface area contributed by atoms with Crippen LogP contribution in [0.4, 0.5) is 0 Å². The third-order valence-corrected chi connectivity index (χ3v) is 3.42. The van der Waals surface area contributed by atoms with E-state index in [2.05, 4.69) is 15.0 Å². The minimum Gasteiger partial charge on any atom is -0.478 e. The maximum absolute atomic E-state index is 11.9. The molecule has 0 radical (unpaired) electrons. The number of pyridine rings is 2. The predicted octanol–water partition coefficient (Wildman–Crippen LogP) is 1.85. The number of aromatic nitrogens is 3. The van der Waals surface area contributed by atoms with Crippen molar-refractivity contribution in [2.75, 3.05) is 14.1 Å². The highest BCUT2D eigenvalue weighted by atomic mass is 16.4. The quantitative estimate of drug-likeness (QED) is 0.576. The zero-order valence-corrected chi connectivity index (χ0v) is 13.6. The topological polar surface area (TPSA) is 101 Å². The fourth-order valence-electron chi connectivity index (χ4n) is 2.24. The zero-order chi connectivity index (χ0) is 18.0. The highest BCUT2D eigenvalue weighted by Crippen LogP contribution is 2.19. The Morgan fingerprint density at radius 1 is 1.20 bits per heavy atom. The lowest BCUT2D eigenvalue weighted by Crippen LogP contribution is -2.10. The normalized spacial score (nSPS) is 11.1. The van der Waals surface area contributed by atoms with Crippen LogP contribution in [0.2, 0.25) is 0 Å². The fraction of sp³-hybridized carbons (Fsp3) is 0.118. The van der Waals surface area contributed by atoms with Crippen molar-refractivity contribution in [3.8, 4) is 5.69 Å². The number of rotatable bonds is 4. The van der Waals surface area contributed by atoms with Crippen LogP contribution in [0.5, 0.6) is 0 Å². The lowest BCUT2D eigenvalue weighted by atomic mass is 10.2. The predicted molar refractivity (Wildman–Crippen MR) is 92.3 cm³/mol. The first-order chi connectivity index (χ1) is 12.0. The molecule has 126 valence electrons. The van der Waals surface area contributed by atoms with Crippen LogP contribution in [0.25, 0.3) is 16.7 Å². The standard InChI is InChI=1S/C17H15N5O3/c1-21(2)10-20-16(23)14-4-3-13(9-18-14)22-6-5-11-7-12(17(24)25)8-19-15(11)22/h3-10H,1-2H3,(H,24,25). The van der Waals surface area contributed by atoms with Crippen LogP contribution in [-0.2, 0) is 0 Å². The molecular formula is C17H15N5O3. The highest BCUT2D eigenvalue weighted by Gasteiger charge is 2.10. The molecule has 3 heterocycles. The number of carbonyl (C=O) groups excluding carboxylic acids is 1. The maximum Gasteiger partial charge on any atom is 0.337 e. The molecule has 0 saturated heterocycles. The molecule has 0 aromatic carbocycles. The average Bonchev–Trinajstić information content (AvgIpc) is 3.02. The second-order valence-corrected chi connectivity index (χ2v) is 5.54. The Morgan fingerprint density at radius 3 is 2.64 bits per heavy atom. The first-order valence-corrected chi connectivity index (χ1v) is 7.37. The summed E-state index contributed by atoms with van der Waals surface area (Å²) in [5.41, 5.74) is 1.68. The van der Waals surface area contributed by atoms with E-state index >= 15 is 0 Å². The van der Waals surface area contributed by atoms with E-state index in [1.54, 1.807) is 60.2 Å². The van der Waals surface area contributed by atoms with Crippen molar-refractivity contribution in [3.63, 3.8) is 0 Å². The van der Waals surface area contributed by atoms with Crippen molar-refractivity contribution < 1.29 is 14.7 Å². The Morgan fingerprint density at radius 2 is 2.00 bits per heavy atom. The monoisotopic (exact) mass is 337 g/mol. The summed E-state index contributed by atoms with van der Waals surface area (Å²) in [6.45, 7) is 0. The summed E-state index contributed by atoms with van der Waals surface area (Å²) in [7, 11) is 3.54. The largest absolute Gasteiger partial charge is 0.478 e. The van der Waals surface area contributed by atoms with Gasteiger partial charge in [-0.05, 0) is 24.3 Å². The number of carboxylic acids is 1. The van der Waals surface area contributed by atoms with Gasteiger partial charge in [-0.3, -0.25) is 9.36 Å². The van der Waals surface area contributed by atoms with Crippen molar-refractivity contribution in [2.24, 2.45) is 4.99 Å². The lowest BCUT2D eigenvalue weighted by Gasteiger charge is -2.05. The fourth-order valence-corrected chi connectivity index (χ4v) is 2.24. The van der Waals surface area contributed by atoms with Crippen molar-refractivity contribution >= 4 is 29.2 Å². The van der Waals surface area contributed by atoms with E-state index < -0.39 is 11.9 Å². The molecule has 0 spiro atoms. The third kappa shape index (κ3) is 3.37. The van der Waals surface area contributed by atoms with Crippen LogP contribution in [0.1, 0.15) is 20.8 Å². The Hall–Kier alpha value is -3.55. The summed E-state index contributed by atoms with van der Waals surface area (Å²) in [6, 6.07) is 6.65. The smallest absolute Gasteiger partial charge is 0.337 e. The van der Waals surface area contributed by atoms with E-state index in [-0.39, 0.29) is 11.3 Å². The SMILES string of the molecule is CN(C)C=NC(=O)c1ccc(-n2ccc3cc(C(=O)O)cnc32)cn1. The molecule has 0 unspecified atom stereocenters. The van der Waals surface area contributed by atoms with Gasteiger partial charge >= 0.3 is 5.97 Å². The molecule has 0 atom stereocenters. The Kier molecular flexibility index (Phi) is 4.25. The first-order valence-electron chi connectivity index (χ1n) is 7.37. The third-order valence-electron chi connectivity index (χ3n) is 3.42. The van der Waals surface area contributed by atoms with Crippen molar-refractivity contribution in [2.45, 2.75) is 0 Å². The van der Waals surface area contributed by atoms with Gasteiger partial charge in [0.2, 0.25) is 0 Å². The van der Waals surface area contributed by atoms with E-state index in [4.69, 9.17) is 5.11 Å². The molecule has 8 heteroatoms. The van der Waals surface area contributed by atoms with Gasteiger partial charge in [-0.2, -0.15) is 4.99 Å². The number of amides is 1. The number of aliphatic imine (C=N–C) groups is 1. The van der Waals surface area contributed by atoms with Gasteiger partial charge in [0.05, 0.1) is 23.8 Å². The summed E-state index contributed by atoms with van der Waals surface area (Å²) >= 11 is 0. The molecule has 3 aromatic rings. The van der Waals surface area contributed by atoms with Gasteiger partial charge < -0.3 is 10.0 Å². The number of carboxylic acid groups (broad SMARTS) is 1. The molecular weight excluding hydrogens is 322 g/mol. The Bertz CT molecular complexity index is 974. The number of hydrogen-bond donors (Lipinski definition) is 1. The van der Waals surface area contributed by atoms with Crippen LogP contribution in [0.3, 0.4) is 0 Å². The van der Waals surface area contributed by atoms with Crippen LogP contribution < -0.4 is 0 Å². The van der Waals surface area contributed by atoms with Crippen LogP contribution in [0, 0.1) is 0 Å². The van der Waals surface area contributed by atoms with Crippen LogP contribution in [0.15, 0.2) is 47.8 Å². The summed E-state index contributed by atoms with van der Waals surface area (Å²) < 4.78 is 1.77. The van der Waals surface area contributed by atoms with E-state index in [0.29, 0.717) is 16.7 Å². The summed E-state index contributed by atoms with van der Waals surface area (Å²) in [5.74, 6) is -1.45. The average molecular weight is 337 g/mol. The van der Waals surface area contributed by atoms with Crippen molar-refractivity contribution in [3.05, 3.63) is 54.1 Å². The molecule has 3 aromatic heterocycles. The van der Waals surface area contributed by atoms with E-state index in [1.165, 1.54) is 12.5 Å². The number of carbonyl (C=O) groups is 2. The van der Waals surface area contributed by atoms with Gasteiger partial charge in [-0.1, -0.05) is 0 Å². The van der Waals surface area contributed by atoms with Crippen LogP contribution in [-0.4, -0.2) is 56.9 Å². The maximum atomic E-state index is 11.9. The van der Waals surface area contributed by atoms with Gasteiger partial charge in [0.25, 0.3) is 5.91 Å². The van der Waals surface area contributed by atoms with E-state index in [1.807, 2.05) is 0 Å². The van der Waals surface area contributed by atoms with E-state index in [0.717, 1.165) is 0 Å². The number of nitrogens with zero attached hydrogens (tertiary/aromatic N) is 5. The summed E-state index contributed by atoms with van der Waals surface area (Å²) in [6.07, 6.45) is 6.04. The number of hydrogen-bond acceptors (Lipinski definition) is 4. The number of aromatic carboxylic acids is 1. The Labute approximate surface area is 143 Å². The molecule has 3 rings (SSSR count). The van der Waals surface area contributed by atoms with Gasteiger partial charge in [-0.15, -0.1) is 0 Å². The molecule has 8 nitrogen and oxygen atoms in total. The highest BCUT2D eigenvalue weighted by molar-refractivity contribution is 5.97.